The molecular formula is C12H18N2O5S. The molecular weight excluding hydrogens is 284 g/mol. The van der Waals surface area contributed by atoms with Crippen LogP contribution < -0.4 is 4.72 Å². The summed E-state index contributed by atoms with van der Waals surface area (Å²) in [4.78, 5) is 10.5. The van der Waals surface area contributed by atoms with E-state index in [0.29, 0.717) is 11.3 Å². The summed E-state index contributed by atoms with van der Waals surface area (Å²) in [5.74, 6) is -1.05. The lowest BCUT2D eigenvalue weighted by molar-refractivity contribution is -0.137. The first kappa shape index (κ1) is 16.4. The Hall–Kier alpha value is -1.64. The molecule has 20 heavy (non-hydrogen) atoms. The Labute approximate surface area is 118 Å². The van der Waals surface area contributed by atoms with Crippen LogP contribution in [0.25, 0.3) is 0 Å². The number of hydrogen-bond donors (Lipinski definition) is 2. The molecule has 0 unspecified atom stereocenters. The van der Waals surface area contributed by atoms with Crippen LogP contribution in [-0.2, 0) is 26.3 Å². The summed E-state index contributed by atoms with van der Waals surface area (Å²) in [7, 11) is -0.944. The van der Waals surface area contributed by atoms with E-state index in [2.05, 4.69) is 4.72 Å². The minimum Gasteiger partial charge on any atom is -0.481 e. The van der Waals surface area contributed by atoms with Gasteiger partial charge in [0.2, 0.25) is 0 Å². The lowest BCUT2D eigenvalue weighted by Gasteiger charge is -2.19. The standard InChI is InChI=1S/C12H18N2O5S/c1-14(8-7-12(15)16)20(17,18)13-11-6-4-3-5-10(11)9-19-2/h3-6,13H,7-9H2,1-2H3,(H,15,16). The second-order valence-corrected chi connectivity index (χ2v) is 5.94. The number of rotatable bonds is 8. The molecule has 1 aromatic rings. The van der Waals surface area contributed by atoms with Gasteiger partial charge in [-0.25, -0.2) is 0 Å². The fourth-order valence-corrected chi connectivity index (χ4v) is 2.46. The maximum Gasteiger partial charge on any atom is 0.304 e. The first-order chi connectivity index (χ1) is 9.36. The van der Waals surface area contributed by atoms with Gasteiger partial charge < -0.3 is 9.84 Å². The minimum absolute atomic E-state index is 0.100. The zero-order valence-electron chi connectivity index (χ0n) is 11.4. The molecule has 2 N–H and O–H groups in total. The number of nitrogens with zero attached hydrogens (tertiary/aromatic N) is 1. The van der Waals surface area contributed by atoms with Crippen molar-refractivity contribution in [2.75, 3.05) is 25.4 Å². The van der Waals surface area contributed by atoms with Crippen molar-refractivity contribution in [3.63, 3.8) is 0 Å². The van der Waals surface area contributed by atoms with E-state index in [9.17, 15) is 13.2 Å². The van der Waals surface area contributed by atoms with E-state index in [1.54, 1.807) is 24.3 Å². The summed E-state index contributed by atoms with van der Waals surface area (Å²) in [5.41, 5.74) is 1.11. The van der Waals surface area contributed by atoms with E-state index in [0.717, 1.165) is 4.31 Å². The molecule has 0 saturated carbocycles. The van der Waals surface area contributed by atoms with Crippen molar-refractivity contribution >= 4 is 21.9 Å². The Kier molecular flexibility index (Phi) is 5.93. The molecule has 1 rings (SSSR count). The molecule has 0 aliphatic heterocycles. The second kappa shape index (κ2) is 7.22. The van der Waals surface area contributed by atoms with E-state index in [-0.39, 0.29) is 19.6 Å². The number of hydrogen-bond acceptors (Lipinski definition) is 4. The van der Waals surface area contributed by atoms with Crippen molar-refractivity contribution in [1.82, 2.24) is 4.31 Å². The lowest BCUT2D eigenvalue weighted by atomic mass is 10.2. The Morgan fingerprint density at radius 3 is 2.65 bits per heavy atom. The number of carbonyl (C=O) groups is 1. The number of carboxylic acid groups (broad SMARTS) is 1. The van der Waals surface area contributed by atoms with E-state index >= 15 is 0 Å². The van der Waals surface area contributed by atoms with Gasteiger partial charge in [0.05, 0.1) is 18.7 Å². The number of ether oxygens (including phenoxy) is 1. The van der Waals surface area contributed by atoms with Crippen molar-refractivity contribution < 1.29 is 23.1 Å². The maximum atomic E-state index is 12.1. The fraction of sp³-hybridized carbons (Fsp3) is 0.417. The molecule has 8 heteroatoms. The molecule has 0 aliphatic carbocycles. The molecule has 0 atom stereocenters. The van der Waals surface area contributed by atoms with Crippen LogP contribution in [-0.4, -0.2) is 44.5 Å². The first-order valence-corrected chi connectivity index (χ1v) is 7.33. The van der Waals surface area contributed by atoms with Crippen LogP contribution in [0.3, 0.4) is 0 Å². The number of nitrogens with one attached hydrogen (secondary N) is 1. The van der Waals surface area contributed by atoms with E-state index < -0.39 is 16.2 Å². The number of methoxy groups -OCH3 is 1. The molecule has 0 amide bonds. The van der Waals surface area contributed by atoms with Crippen molar-refractivity contribution in [3.8, 4) is 0 Å². The Morgan fingerprint density at radius 1 is 1.40 bits per heavy atom. The SMILES string of the molecule is COCc1ccccc1NS(=O)(=O)N(C)CCC(=O)O. The van der Waals surface area contributed by atoms with Gasteiger partial charge in [0.15, 0.2) is 0 Å². The Morgan fingerprint density at radius 2 is 2.05 bits per heavy atom. The highest BCUT2D eigenvalue weighted by atomic mass is 32.2. The van der Waals surface area contributed by atoms with Crippen LogP contribution in [0.4, 0.5) is 5.69 Å². The molecule has 0 aliphatic rings. The van der Waals surface area contributed by atoms with Gasteiger partial charge in [0, 0.05) is 26.3 Å². The molecule has 0 saturated heterocycles. The molecule has 0 aromatic heterocycles. The first-order valence-electron chi connectivity index (χ1n) is 5.89. The summed E-state index contributed by atoms with van der Waals surface area (Å²) >= 11 is 0. The zero-order chi connectivity index (χ0) is 15.2. The van der Waals surface area contributed by atoms with Crippen LogP contribution in [0.5, 0.6) is 0 Å². The Bertz CT molecular complexity index is 559. The third-order valence-electron chi connectivity index (χ3n) is 2.61. The predicted molar refractivity (Wildman–Crippen MR) is 74.6 cm³/mol. The largest absolute Gasteiger partial charge is 0.481 e. The summed E-state index contributed by atoms with van der Waals surface area (Å²) in [6, 6.07) is 6.85. The molecule has 0 radical (unpaired) electrons. The summed E-state index contributed by atoms with van der Waals surface area (Å²) in [5, 5.41) is 8.57. The highest BCUT2D eigenvalue weighted by Gasteiger charge is 2.19. The molecule has 1 aromatic carbocycles. The van der Waals surface area contributed by atoms with Gasteiger partial charge in [-0.2, -0.15) is 12.7 Å². The van der Waals surface area contributed by atoms with Gasteiger partial charge >= 0.3 is 16.2 Å². The van der Waals surface area contributed by atoms with Gasteiger partial charge in [0.25, 0.3) is 0 Å². The van der Waals surface area contributed by atoms with Gasteiger partial charge in [-0.3, -0.25) is 9.52 Å². The van der Waals surface area contributed by atoms with E-state index in [1.807, 2.05) is 0 Å². The number of carboxylic acids is 1. The van der Waals surface area contributed by atoms with E-state index in [1.165, 1.54) is 14.2 Å². The zero-order valence-corrected chi connectivity index (χ0v) is 12.2. The number of para-hydroxylation sites is 1. The van der Waals surface area contributed by atoms with Crippen molar-refractivity contribution in [3.05, 3.63) is 29.8 Å². The smallest absolute Gasteiger partial charge is 0.304 e. The predicted octanol–water partition coefficient (Wildman–Crippen LogP) is 0.896. The normalized spacial score (nSPS) is 11.6. The third kappa shape index (κ3) is 4.80. The van der Waals surface area contributed by atoms with Crippen LogP contribution in [0.15, 0.2) is 24.3 Å². The van der Waals surface area contributed by atoms with Gasteiger partial charge in [-0.15, -0.1) is 0 Å². The van der Waals surface area contributed by atoms with Crippen LogP contribution in [0, 0.1) is 0 Å². The van der Waals surface area contributed by atoms with Gasteiger partial charge in [-0.1, -0.05) is 18.2 Å². The topological polar surface area (TPSA) is 95.9 Å². The van der Waals surface area contributed by atoms with Crippen molar-refractivity contribution in [1.29, 1.82) is 0 Å². The van der Waals surface area contributed by atoms with Crippen LogP contribution >= 0.6 is 0 Å². The number of benzene rings is 1. The quantitative estimate of drug-likeness (QED) is 0.743. The number of anilines is 1. The Balaban J connectivity index is 2.82. The van der Waals surface area contributed by atoms with Crippen molar-refractivity contribution in [2.24, 2.45) is 0 Å². The van der Waals surface area contributed by atoms with E-state index in [4.69, 9.17) is 9.84 Å². The summed E-state index contributed by atoms with van der Waals surface area (Å²) in [6.45, 7) is 0.175. The van der Waals surface area contributed by atoms with Crippen LogP contribution in [0.1, 0.15) is 12.0 Å². The van der Waals surface area contributed by atoms with Crippen LogP contribution in [0.2, 0.25) is 0 Å². The third-order valence-corrected chi connectivity index (χ3v) is 4.09. The molecule has 0 bridgehead atoms. The average molecular weight is 302 g/mol. The molecule has 0 fully saturated rings. The van der Waals surface area contributed by atoms with Crippen molar-refractivity contribution in [2.45, 2.75) is 13.0 Å². The molecule has 7 nitrogen and oxygen atoms in total. The van der Waals surface area contributed by atoms with Gasteiger partial charge in [-0.05, 0) is 6.07 Å². The number of aliphatic carboxylic acids is 1. The molecule has 112 valence electrons. The minimum atomic E-state index is -3.79. The average Bonchev–Trinajstić information content (AvgIpc) is 2.38. The highest BCUT2D eigenvalue weighted by molar-refractivity contribution is 7.90. The lowest BCUT2D eigenvalue weighted by Crippen LogP contribution is -2.34. The summed E-state index contributed by atoms with van der Waals surface area (Å²) < 4.78 is 32.5. The highest BCUT2D eigenvalue weighted by Crippen LogP contribution is 2.18. The van der Waals surface area contributed by atoms with Gasteiger partial charge in [0.1, 0.15) is 0 Å². The summed E-state index contributed by atoms with van der Waals surface area (Å²) in [6.07, 6.45) is -0.253. The maximum absolute atomic E-state index is 12.1. The molecule has 0 spiro atoms. The second-order valence-electron chi connectivity index (χ2n) is 4.16. The fourth-order valence-electron chi connectivity index (χ4n) is 1.49. The monoisotopic (exact) mass is 302 g/mol. The molecule has 0 heterocycles.